The Bertz CT molecular complexity index is 758. The minimum atomic E-state index is -0.115. The molecule has 0 amide bonds. The van der Waals surface area contributed by atoms with Crippen molar-refractivity contribution in [2.45, 2.75) is 32.7 Å². The van der Waals surface area contributed by atoms with Gasteiger partial charge in [-0.25, -0.2) is 9.97 Å². The molecule has 3 rings (SSSR count). The van der Waals surface area contributed by atoms with Crippen molar-refractivity contribution in [3.63, 3.8) is 0 Å². The highest BCUT2D eigenvalue weighted by molar-refractivity contribution is 7.11. The summed E-state index contributed by atoms with van der Waals surface area (Å²) >= 11 is 8.03. The summed E-state index contributed by atoms with van der Waals surface area (Å²) in [5, 5.41) is 0.970. The van der Waals surface area contributed by atoms with Gasteiger partial charge in [0.25, 0.3) is 0 Å². The van der Waals surface area contributed by atoms with E-state index in [1.165, 1.54) is 16.0 Å². The minimum absolute atomic E-state index is 0.115. The van der Waals surface area contributed by atoms with E-state index in [0.717, 1.165) is 22.9 Å². The van der Waals surface area contributed by atoms with Crippen LogP contribution in [0.2, 0.25) is 0 Å². The largest absolute Gasteiger partial charge is 0.321 e. The van der Waals surface area contributed by atoms with E-state index < -0.39 is 0 Å². The summed E-state index contributed by atoms with van der Waals surface area (Å²) in [4.78, 5) is 10.2. The van der Waals surface area contributed by atoms with Crippen LogP contribution in [0.25, 0.3) is 11.0 Å². The molecule has 0 aliphatic rings. The lowest BCUT2D eigenvalue weighted by atomic mass is 10.2. The van der Waals surface area contributed by atoms with Gasteiger partial charge >= 0.3 is 0 Å². The van der Waals surface area contributed by atoms with E-state index in [2.05, 4.69) is 22.5 Å². The van der Waals surface area contributed by atoms with Crippen molar-refractivity contribution in [1.82, 2.24) is 14.5 Å². The zero-order valence-corrected chi connectivity index (χ0v) is 13.3. The van der Waals surface area contributed by atoms with Crippen LogP contribution in [0.3, 0.4) is 0 Å². The third kappa shape index (κ3) is 2.34. The van der Waals surface area contributed by atoms with Crippen LogP contribution < -0.4 is 0 Å². The number of benzene rings is 1. The molecule has 0 saturated heterocycles. The molecule has 3 aromatic rings. The van der Waals surface area contributed by atoms with Gasteiger partial charge in [-0.2, -0.15) is 0 Å². The monoisotopic (exact) mass is 305 g/mol. The first kappa shape index (κ1) is 13.6. The molecule has 0 N–H and O–H groups in total. The molecule has 5 heteroatoms. The van der Waals surface area contributed by atoms with Gasteiger partial charge in [-0.1, -0.05) is 12.1 Å². The fraction of sp³-hybridized carbons (Fsp3) is 0.333. The topological polar surface area (TPSA) is 30.7 Å². The van der Waals surface area contributed by atoms with Gasteiger partial charge < -0.3 is 4.57 Å². The molecule has 0 bridgehead atoms. The van der Waals surface area contributed by atoms with Crippen molar-refractivity contribution in [1.29, 1.82) is 0 Å². The summed E-state index contributed by atoms with van der Waals surface area (Å²) in [7, 11) is 0. The fourth-order valence-electron chi connectivity index (χ4n) is 2.48. The molecular weight excluding hydrogens is 290 g/mol. The first-order valence-corrected chi connectivity index (χ1v) is 7.82. The maximum atomic E-state index is 6.31. The number of imidazole rings is 1. The van der Waals surface area contributed by atoms with Gasteiger partial charge in [0.15, 0.2) is 0 Å². The van der Waals surface area contributed by atoms with E-state index in [1.54, 1.807) is 11.3 Å². The number of fused-ring (bicyclic) bond motifs is 1. The Morgan fingerprint density at radius 3 is 2.80 bits per heavy atom. The van der Waals surface area contributed by atoms with Crippen LogP contribution in [0, 0.1) is 13.8 Å². The quantitative estimate of drug-likeness (QED) is 0.669. The summed E-state index contributed by atoms with van der Waals surface area (Å²) in [5.41, 5.74) is 3.40. The van der Waals surface area contributed by atoms with Crippen LogP contribution in [0.4, 0.5) is 0 Å². The van der Waals surface area contributed by atoms with Gasteiger partial charge in [0.1, 0.15) is 5.82 Å². The second-order valence-corrected chi connectivity index (χ2v) is 6.93. The van der Waals surface area contributed by atoms with Crippen molar-refractivity contribution in [2.75, 3.05) is 0 Å². The van der Waals surface area contributed by atoms with E-state index in [-0.39, 0.29) is 5.38 Å². The highest BCUT2D eigenvalue weighted by atomic mass is 35.5. The van der Waals surface area contributed by atoms with Crippen molar-refractivity contribution in [3.8, 4) is 0 Å². The standard InChI is InChI=1S/C15H16ClN3S/c1-9-5-4-6-13-14(9)19(15(18-13)10(2)16)8-12-7-17-11(3)20-12/h4-7,10H,8H2,1-3H3. The molecule has 3 nitrogen and oxygen atoms in total. The predicted octanol–water partition coefficient (Wildman–Crippen LogP) is 4.46. The van der Waals surface area contributed by atoms with Gasteiger partial charge in [0.2, 0.25) is 0 Å². The number of nitrogens with zero attached hydrogens (tertiary/aromatic N) is 3. The Balaban J connectivity index is 2.18. The number of para-hydroxylation sites is 1. The maximum Gasteiger partial charge on any atom is 0.128 e. The first-order valence-electron chi connectivity index (χ1n) is 6.57. The molecule has 20 heavy (non-hydrogen) atoms. The molecule has 2 aromatic heterocycles. The molecule has 1 atom stereocenters. The number of rotatable bonds is 3. The normalized spacial score (nSPS) is 13.0. The van der Waals surface area contributed by atoms with E-state index >= 15 is 0 Å². The van der Waals surface area contributed by atoms with Crippen LogP contribution >= 0.6 is 22.9 Å². The van der Waals surface area contributed by atoms with E-state index in [1.807, 2.05) is 32.2 Å². The van der Waals surface area contributed by atoms with Crippen LogP contribution in [-0.2, 0) is 6.54 Å². The van der Waals surface area contributed by atoms with Crippen molar-refractivity contribution in [2.24, 2.45) is 0 Å². The van der Waals surface area contributed by atoms with Crippen LogP contribution in [0.5, 0.6) is 0 Å². The molecule has 0 radical (unpaired) electrons. The molecule has 0 aliphatic heterocycles. The Kier molecular flexibility index (Phi) is 3.52. The molecule has 2 heterocycles. The summed E-state index contributed by atoms with van der Waals surface area (Å²) in [6.07, 6.45) is 1.94. The number of hydrogen-bond donors (Lipinski definition) is 0. The zero-order valence-electron chi connectivity index (χ0n) is 11.7. The first-order chi connectivity index (χ1) is 9.56. The smallest absolute Gasteiger partial charge is 0.128 e. The van der Waals surface area contributed by atoms with Crippen LogP contribution in [0.1, 0.15) is 33.6 Å². The second-order valence-electron chi connectivity index (χ2n) is 4.96. The second kappa shape index (κ2) is 5.19. The number of aromatic nitrogens is 3. The maximum absolute atomic E-state index is 6.31. The molecule has 0 aliphatic carbocycles. The SMILES string of the molecule is Cc1ncc(Cn2c(C(C)Cl)nc3cccc(C)c32)s1. The van der Waals surface area contributed by atoms with Crippen molar-refractivity contribution >= 4 is 34.0 Å². The average molecular weight is 306 g/mol. The molecular formula is C15H16ClN3S. The number of alkyl halides is 1. The van der Waals surface area contributed by atoms with Gasteiger partial charge in [-0.05, 0) is 32.4 Å². The van der Waals surface area contributed by atoms with Gasteiger partial charge in [-0.3, -0.25) is 0 Å². The molecule has 1 unspecified atom stereocenters. The summed E-state index contributed by atoms with van der Waals surface area (Å²) < 4.78 is 2.22. The van der Waals surface area contributed by atoms with Crippen molar-refractivity contribution in [3.05, 3.63) is 45.7 Å². The molecule has 0 fully saturated rings. The number of hydrogen-bond acceptors (Lipinski definition) is 3. The minimum Gasteiger partial charge on any atom is -0.321 e. The summed E-state index contributed by atoms with van der Waals surface area (Å²) in [6, 6.07) is 6.19. The third-order valence-electron chi connectivity index (χ3n) is 3.34. The Morgan fingerprint density at radius 2 is 2.15 bits per heavy atom. The lowest BCUT2D eigenvalue weighted by Crippen LogP contribution is -2.05. The summed E-state index contributed by atoms with van der Waals surface area (Å²) in [5.74, 6) is 0.919. The van der Waals surface area contributed by atoms with Gasteiger partial charge in [0.05, 0.1) is 28.0 Å². The van der Waals surface area contributed by atoms with Gasteiger partial charge in [-0.15, -0.1) is 22.9 Å². The lowest BCUT2D eigenvalue weighted by Gasteiger charge is -2.10. The zero-order chi connectivity index (χ0) is 14.3. The summed E-state index contributed by atoms with van der Waals surface area (Å²) in [6.45, 7) is 6.88. The van der Waals surface area contributed by atoms with Crippen LogP contribution in [-0.4, -0.2) is 14.5 Å². The molecule has 0 saturated carbocycles. The third-order valence-corrected chi connectivity index (χ3v) is 4.43. The number of halogens is 1. The van der Waals surface area contributed by atoms with E-state index in [9.17, 15) is 0 Å². The highest BCUT2D eigenvalue weighted by Crippen LogP contribution is 2.28. The average Bonchev–Trinajstić information content (AvgIpc) is 2.95. The van der Waals surface area contributed by atoms with E-state index in [0.29, 0.717) is 0 Å². The number of thiazole rings is 1. The molecule has 104 valence electrons. The van der Waals surface area contributed by atoms with E-state index in [4.69, 9.17) is 16.6 Å². The Labute approximate surface area is 127 Å². The predicted molar refractivity (Wildman–Crippen MR) is 84.7 cm³/mol. The molecule has 1 aromatic carbocycles. The molecule has 0 spiro atoms. The van der Waals surface area contributed by atoms with Gasteiger partial charge in [0, 0.05) is 11.1 Å². The number of aryl methyl sites for hydroxylation is 2. The Morgan fingerprint density at radius 1 is 1.35 bits per heavy atom. The van der Waals surface area contributed by atoms with Crippen molar-refractivity contribution < 1.29 is 0 Å². The van der Waals surface area contributed by atoms with Crippen LogP contribution in [0.15, 0.2) is 24.4 Å². The highest BCUT2D eigenvalue weighted by Gasteiger charge is 2.17. The Hall–Kier alpha value is -1.39. The fourth-order valence-corrected chi connectivity index (χ4v) is 3.43. The lowest BCUT2D eigenvalue weighted by molar-refractivity contribution is 0.748.